The van der Waals surface area contributed by atoms with E-state index in [4.69, 9.17) is 0 Å². The van der Waals surface area contributed by atoms with E-state index in [1.165, 1.54) is 0 Å². The van der Waals surface area contributed by atoms with E-state index in [-0.39, 0.29) is 35.8 Å². The molecule has 1 saturated carbocycles. The number of carbonyl (C=O) groups is 3. The minimum Gasteiger partial charge on any atom is -0.345 e. The number of anilines is 2. The van der Waals surface area contributed by atoms with Crippen LogP contribution in [0.1, 0.15) is 55.6 Å². The third-order valence-corrected chi connectivity index (χ3v) is 4.81. The van der Waals surface area contributed by atoms with Crippen LogP contribution in [-0.4, -0.2) is 23.9 Å². The molecule has 2 aromatic rings. The summed E-state index contributed by atoms with van der Waals surface area (Å²) in [5, 5.41) is 11.3. The topological polar surface area (TPSA) is 99.3 Å². The lowest BCUT2D eigenvalue weighted by atomic mass is 10.1. The van der Waals surface area contributed by atoms with Crippen molar-refractivity contribution < 1.29 is 14.4 Å². The maximum absolute atomic E-state index is 12.8. The molecule has 0 saturated heterocycles. The zero-order chi connectivity index (χ0) is 21.7. The van der Waals surface area contributed by atoms with Gasteiger partial charge >= 0.3 is 6.03 Å². The molecule has 1 aliphatic rings. The van der Waals surface area contributed by atoms with Crippen LogP contribution < -0.4 is 21.3 Å². The van der Waals surface area contributed by atoms with Gasteiger partial charge in [0.05, 0.1) is 17.3 Å². The number of para-hydroxylation sites is 1. The Labute approximate surface area is 176 Å². The first-order valence-electron chi connectivity index (χ1n) is 10.2. The van der Waals surface area contributed by atoms with Crippen LogP contribution in [0.3, 0.4) is 0 Å². The van der Waals surface area contributed by atoms with Gasteiger partial charge in [0.2, 0.25) is 5.91 Å². The molecule has 0 radical (unpaired) electrons. The molecule has 0 aliphatic heterocycles. The van der Waals surface area contributed by atoms with Gasteiger partial charge in [0, 0.05) is 17.6 Å². The van der Waals surface area contributed by atoms with Gasteiger partial charge in [-0.2, -0.15) is 0 Å². The standard InChI is InChI=1S/C23H28N4O3/c1-14(2)24-23(30)27-20-7-5-4-6-19(20)22(29)25-15(3)16-10-12-18(13-11-16)26-21(28)17-8-9-17/h4-7,10-15,17H,8-9H2,1-3H3,(H,25,29)(H,26,28)(H2,24,27,30). The zero-order valence-electron chi connectivity index (χ0n) is 17.5. The summed E-state index contributed by atoms with van der Waals surface area (Å²) in [5.74, 6) is -0.0667. The molecule has 1 aliphatic carbocycles. The Bertz CT molecular complexity index is 920. The molecule has 1 unspecified atom stereocenters. The number of benzene rings is 2. The summed E-state index contributed by atoms with van der Waals surface area (Å²) in [5.41, 5.74) is 2.49. The van der Waals surface area contributed by atoms with Gasteiger partial charge in [-0.15, -0.1) is 0 Å². The Morgan fingerprint density at radius 3 is 2.17 bits per heavy atom. The molecule has 158 valence electrons. The van der Waals surface area contributed by atoms with E-state index in [2.05, 4.69) is 21.3 Å². The van der Waals surface area contributed by atoms with Gasteiger partial charge in [-0.1, -0.05) is 24.3 Å². The quantitative estimate of drug-likeness (QED) is 0.556. The lowest BCUT2D eigenvalue weighted by Crippen LogP contribution is -2.35. The SMILES string of the molecule is CC(C)NC(=O)Nc1ccccc1C(=O)NC(C)c1ccc(NC(=O)C2CC2)cc1. The van der Waals surface area contributed by atoms with Gasteiger partial charge in [0.15, 0.2) is 0 Å². The minimum atomic E-state index is -0.359. The number of amides is 4. The van der Waals surface area contributed by atoms with E-state index in [1.54, 1.807) is 24.3 Å². The molecular formula is C23H28N4O3. The Morgan fingerprint density at radius 1 is 0.867 bits per heavy atom. The largest absolute Gasteiger partial charge is 0.345 e. The fraction of sp³-hybridized carbons (Fsp3) is 0.348. The minimum absolute atomic E-state index is 0.0111. The second-order valence-corrected chi connectivity index (χ2v) is 7.88. The van der Waals surface area contributed by atoms with Gasteiger partial charge in [-0.05, 0) is 63.4 Å². The molecule has 4 amide bonds. The lowest BCUT2D eigenvalue weighted by Gasteiger charge is -2.17. The second-order valence-electron chi connectivity index (χ2n) is 7.88. The molecule has 1 atom stereocenters. The van der Waals surface area contributed by atoms with Crippen LogP contribution in [0.15, 0.2) is 48.5 Å². The van der Waals surface area contributed by atoms with Crippen molar-refractivity contribution >= 4 is 29.2 Å². The van der Waals surface area contributed by atoms with Gasteiger partial charge in [-0.25, -0.2) is 4.79 Å². The molecule has 1 fully saturated rings. The molecule has 30 heavy (non-hydrogen) atoms. The van der Waals surface area contributed by atoms with Crippen molar-refractivity contribution in [2.45, 2.75) is 45.7 Å². The average molecular weight is 409 g/mol. The number of hydrogen-bond donors (Lipinski definition) is 4. The van der Waals surface area contributed by atoms with E-state index in [0.717, 1.165) is 24.1 Å². The Hall–Kier alpha value is -3.35. The van der Waals surface area contributed by atoms with Crippen LogP contribution in [0, 0.1) is 5.92 Å². The van der Waals surface area contributed by atoms with Crippen LogP contribution in [-0.2, 0) is 4.79 Å². The lowest BCUT2D eigenvalue weighted by molar-refractivity contribution is -0.117. The van der Waals surface area contributed by atoms with Crippen molar-refractivity contribution in [1.82, 2.24) is 10.6 Å². The van der Waals surface area contributed by atoms with Crippen LogP contribution in [0.2, 0.25) is 0 Å². The predicted molar refractivity (Wildman–Crippen MR) is 117 cm³/mol. The fourth-order valence-electron chi connectivity index (χ4n) is 3.01. The van der Waals surface area contributed by atoms with Gasteiger partial charge < -0.3 is 21.3 Å². The summed E-state index contributed by atoms with van der Waals surface area (Å²) in [7, 11) is 0. The van der Waals surface area contributed by atoms with Crippen molar-refractivity contribution in [3.05, 3.63) is 59.7 Å². The van der Waals surface area contributed by atoms with Crippen LogP contribution >= 0.6 is 0 Å². The summed E-state index contributed by atoms with van der Waals surface area (Å²) >= 11 is 0. The van der Waals surface area contributed by atoms with Crippen molar-refractivity contribution in [2.75, 3.05) is 10.6 Å². The summed E-state index contributed by atoms with van der Waals surface area (Å²) in [6.45, 7) is 5.61. The number of rotatable bonds is 7. The van der Waals surface area contributed by atoms with E-state index >= 15 is 0 Å². The predicted octanol–water partition coefficient (Wildman–Crippen LogP) is 4.06. The first-order valence-corrected chi connectivity index (χ1v) is 10.2. The van der Waals surface area contributed by atoms with Gasteiger partial charge in [0.1, 0.15) is 0 Å². The van der Waals surface area contributed by atoms with Crippen molar-refractivity contribution in [1.29, 1.82) is 0 Å². The maximum atomic E-state index is 12.8. The van der Waals surface area contributed by atoms with Gasteiger partial charge in [-0.3, -0.25) is 9.59 Å². The third kappa shape index (κ3) is 5.83. The summed E-state index contributed by atoms with van der Waals surface area (Å²) in [6.07, 6.45) is 1.92. The molecule has 0 heterocycles. The number of hydrogen-bond acceptors (Lipinski definition) is 3. The zero-order valence-corrected chi connectivity index (χ0v) is 17.5. The first-order chi connectivity index (χ1) is 14.3. The molecule has 4 N–H and O–H groups in total. The van der Waals surface area contributed by atoms with E-state index in [1.807, 2.05) is 45.0 Å². The second kappa shape index (κ2) is 9.43. The maximum Gasteiger partial charge on any atom is 0.319 e. The molecular weight excluding hydrogens is 380 g/mol. The van der Waals surface area contributed by atoms with Crippen molar-refractivity contribution in [3.8, 4) is 0 Å². The highest BCUT2D eigenvalue weighted by Gasteiger charge is 2.29. The van der Waals surface area contributed by atoms with Crippen LogP contribution in [0.4, 0.5) is 16.2 Å². The highest BCUT2D eigenvalue weighted by molar-refractivity contribution is 6.03. The molecule has 0 aromatic heterocycles. The van der Waals surface area contributed by atoms with E-state index < -0.39 is 0 Å². The molecule has 0 spiro atoms. The van der Waals surface area contributed by atoms with Crippen LogP contribution in [0.5, 0.6) is 0 Å². The highest BCUT2D eigenvalue weighted by atomic mass is 16.2. The average Bonchev–Trinajstić information content (AvgIpc) is 3.53. The number of carbonyl (C=O) groups excluding carboxylic acids is 3. The van der Waals surface area contributed by atoms with Crippen molar-refractivity contribution in [3.63, 3.8) is 0 Å². The molecule has 7 heteroatoms. The molecule has 0 bridgehead atoms. The Balaban J connectivity index is 1.62. The Morgan fingerprint density at radius 2 is 1.53 bits per heavy atom. The number of urea groups is 1. The molecule has 2 aromatic carbocycles. The summed E-state index contributed by atoms with van der Waals surface area (Å²) in [4.78, 5) is 36.7. The highest BCUT2D eigenvalue weighted by Crippen LogP contribution is 2.30. The smallest absolute Gasteiger partial charge is 0.319 e. The third-order valence-electron chi connectivity index (χ3n) is 4.81. The summed E-state index contributed by atoms with van der Waals surface area (Å²) < 4.78 is 0. The van der Waals surface area contributed by atoms with E-state index in [0.29, 0.717) is 11.3 Å². The van der Waals surface area contributed by atoms with E-state index in [9.17, 15) is 14.4 Å². The number of nitrogens with one attached hydrogen (secondary N) is 4. The fourth-order valence-corrected chi connectivity index (χ4v) is 3.01. The molecule has 3 rings (SSSR count). The molecule has 7 nitrogen and oxygen atoms in total. The van der Waals surface area contributed by atoms with Crippen molar-refractivity contribution in [2.24, 2.45) is 5.92 Å². The monoisotopic (exact) mass is 408 g/mol. The summed E-state index contributed by atoms with van der Waals surface area (Å²) in [6, 6.07) is 13.7. The van der Waals surface area contributed by atoms with Crippen LogP contribution in [0.25, 0.3) is 0 Å². The normalized spacial score (nSPS) is 14.0. The first kappa shape index (κ1) is 21.4. The van der Waals surface area contributed by atoms with Gasteiger partial charge in [0.25, 0.3) is 5.91 Å². The Kier molecular flexibility index (Phi) is 6.72.